The summed E-state index contributed by atoms with van der Waals surface area (Å²) in [5, 5.41) is 0. The van der Waals surface area contributed by atoms with Crippen molar-refractivity contribution in [2.45, 2.75) is 77.7 Å². The summed E-state index contributed by atoms with van der Waals surface area (Å²) in [7, 11) is 0. The number of nitrogens with zero attached hydrogens (tertiary/aromatic N) is 3. The molecule has 5 nitrogen and oxygen atoms in total. The van der Waals surface area contributed by atoms with Crippen molar-refractivity contribution in [3.8, 4) is 11.4 Å². The van der Waals surface area contributed by atoms with E-state index in [1.54, 1.807) is 16.7 Å². The van der Waals surface area contributed by atoms with Gasteiger partial charge in [0.15, 0.2) is 5.69 Å². The van der Waals surface area contributed by atoms with Gasteiger partial charge in [-0.2, -0.15) is 13.2 Å². The number of imidazole rings is 1. The molecule has 0 bridgehead atoms. The first-order valence-corrected chi connectivity index (χ1v) is 13.6. The lowest BCUT2D eigenvalue weighted by Gasteiger charge is -2.30. The summed E-state index contributed by atoms with van der Waals surface area (Å²) in [5.41, 5.74) is 6.83. The number of hydrogen-bond donors (Lipinski definition) is 1. The van der Waals surface area contributed by atoms with Gasteiger partial charge in [-0.15, -0.1) is 0 Å². The van der Waals surface area contributed by atoms with E-state index in [0.29, 0.717) is 42.5 Å². The Hall–Kier alpha value is -3.13. The Kier molecular flexibility index (Phi) is 9.26. The van der Waals surface area contributed by atoms with Crippen molar-refractivity contribution in [1.29, 1.82) is 0 Å². The van der Waals surface area contributed by atoms with Crippen LogP contribution in [0.2, 0.25) is 0 Å². The van der Waals surface area contributed by atoms with E-state index in [4.69, 9.17) is 5.73 Å². The molecule has 204 valence electrons. The van der Waals surface area contributed by atoms with E-state index < -0.39 is 17.8 Å². The zero-order chi connectivity index (χ0) is 27.1. The highest BCUT2D eigenvalue weighted by molar-refractivity contribution is 5.92. The SMILES string of the molecule is CCCCn1c(-c2ccccc2)nc(C(F)(F)F)c1CN(Cc1ccc(C(N)=O)cc1)CC1CCCCC1. The molecule has 0 aliphatic heterocycles. The zero-order valence-electron chi connectivity index (χ0n) is 22.0. The highest BCUT2D eigenvalue weighted by atomic mass is 19.4. The summed E-state index contributed by atoms with van der Waals surface area (Å²) in [6, 6.07) is 16.2. The number of nitrogens with two attached hydrogens (primary N) is 1. The number of aromatic nitrogens is 2. The molecule has 0 radical (unpaired) electrons. The fourth-order valence-electron chi connectivity index (χ4n) is 5.40. The third kappa shape index (κ3) is 7.04. The normalized spacial score (nSPS) is 14.8. The maximum absolute atomic E-state index is 14.4. The minimum absolute atomic E-state index is 0.145. The fraction of sp³-hybridized carbons (Fsp3) is 0.467. The van der Waals surface area contributed by atoms with E-state index in [9.17, 15) is 18.0 Å². The topological polar surface area (TPSA) is 64.2 Å². The highest BCUT2D eigenvalue weighted by Gasteiger charge is 2.39. The molecular weight excluding hydrogens is 489 g/mol. The van der Waals surface area contributed by atoms with Gasteiger partial charge in [-0.25, -0.2) is 4.98 Å². The monoisotopic (exact) mass is 526 g/mol. The van der Waals surface area contributed by atoms with Crippen molar-refractivity contribution < 1.29 is 18.0 Å². The Morgan fingerprint density at radius 3 is 2.32 bits per heavy atom. The van der Waals surface area contributed by atoms with E-state index in [1.165, 1.54) is 6.42 Å². The third-order valence-electron chi connectivity index (χ3n) is 7.37. The van der Waals surface area contributed by atoms with Crippen LogP contribution in [0.3, 0.4) is 0 Å². The first-order valence-electron chi connectivity index (χ1n) is 13.6. The van der Waals surface area contributed by atoms with Gasteiger partial charge in [-0.3, -0.25) is 9.69 Å². The molecule has 1 aromatic heterocycles. The van der Waals surface area contributed by atoms with Crippen LogP contribution in [0, 0.1) is 5.92 Å². The number of carbonyl (C=O) groups excluding carboxylic acids is 1. The van der Waals surface area contributed by atoms with Gasteiger partial charge in [-0.1, -0.05) is 75.1 Å². The summed E-state index contributed by atoms with van der Waals surface area (Å²) in [6.07, 6.45) is 2.78. The van der Waals surface area contributed by atoms with Crippen LogP contribution >= 0.6 is 0 Å². The largest absolute Gasteiger partial charge is 0.435 e. The Morgan fingerprint density at radius 1 is 1.03 bits per heavy atom. The molecule has 1 aliphatic rings. The lowest BCUT2D eigenvalue weighted by molar-refractivity contribution is -0.141. The molecule has 2 N–H and O–H groups in total. The standard InChI is InChI=1S/C30H37F3N4O/c1-2-3-18-37-26(27(30(31,32)33)35-29(37)25-12-8-5-9-13-25)21-36(19-22-10-6-4-7-11-22)20-23-14-16-24(17-15-23)28(34)38/h5,8-9,12-17,22H,2-4,6-7,10-11,18-21H2,1H3,(H2,34,38). The molecule has 1 amide bonds. The van der Waals surface area contributed by atoms with E-state index >= 15 is 0 Å². The van der Waals surface area contributed by atoms with Gasteiger partial charge in [-0.05, 0) is 42.9 Å². The Balaban J connectivity index is 1.73. The molecule has 38 heavy (non-hydrogen) atoms. The molecule has 0 unspecified atom stereocenters. The number of hydrogen-bond acceptors (Lipinski definition) is 3. The Bertz CT molecular complexity index is 1180. The van der Waals surface area contributed by atoms with Crippen LogP contribution in [0.15, 0.2) is 54.6 Å². The van der Waals surface area contributed by atoms with Crippen molar-refractivity contribution in [1.82, 2.24) is 14.5 Å². The van der Waals surface area contributed by atoms with Gasteiger partial charge in [0.05, 0.1) is 5.69 Å². The molecule has 1 aliphatic carbocycles. The van der Waals surface area contributed by atoms with Crippen LogP contribution in [-0.2, 0) is 25.8 Å². The second kappa shape index (κ2) is 12.6. The van der Waals surface area contributed by atoms with Gasteiger partial charge in [0.1, 0.15) is 5.82 Å². The maximum atomic E-state index is 14.4. The lowest BCUT2D eigenvalue weighted by atomic mass is 9.89. The molecule has 0 atom stereocenters. The predicted molar refractivity (Wildman–Crippen MR) is 143 cm³/mol. The number of amides is 1. The van der Waals surface area contributed by atoms with Crippen LogP contribution in [0.4, 0.5) is 13.2 Å². The minimum atomic E-state index is -4.56. The molecule has 0 saturated heterocycles. The number of carbonyl (C=O) groups is 1. The summed E-state index contributed by atoms with van der Waals surface area (Å²) in [6.45, 7) is 3.85. The molecule has 3 aromatic rings. The number of halogens is 3. The molecule has 2 aromatic carbocycles. The molecule has 1 heterocycles. The number of primary amides is 1. The number of unbranched alkanes of at least 4 members (excludes halogenated alkanes) is 1. The van der Waals surface area contributed by atoms with E-state index in [0.717, 1.165) is 44.1 Å². The van der Waals surface area contributed by atoms with Crippen molar-refractivity contribution in [3.05, 3.63) is 77.1 Å². The molecular formula is C30H37F3N4O. The molecule has 1 saturated carbocycles. The molecule has 1 fully saturated rings. The smallest absolute Gasteiger partial charge is 0.366 e. The Labute approximate surface area is 222 Å². The Morgan fingerprint density at radius 2 is 1.71 bits per heavy atom. The molecule has 0 spiro atoms. The summed E-state index contributed by atoms with van der Waals surface area (Å²) < 4.78 is 45.0. The van der Waals surface area contributed by atoms with E-state index in [2.05, 4.69) is 9.88 Å². The van der Waals surface area contributed by atoms with Crippen LogP contribution in [0.25, 0.3) is 11.4 Å². The number of rotatable bonds is 11. The van der Waals surface area contributed by atoms with Crippen LogP contribution in [0.5, 0.6) is 0 Å². The second-order valence-corrected chi connectivity index (χ2v) is 10.3. The molecule has 8 heteroatoms. The first kappa shape index (κ1) is 27.9. The average molecular weight is 527 g/mol. The second-order valence-electron chi connectivity index (χ2n) is 10.3. The van der Waals surface area contributed by atoms with Gasteiger partial charge in [0, 0.05) is 37.3 Å². The van der Waals surface area contributed by atoms with Crippen molar-refractivity contribution in [3.63, 3.8) is 0 Å². The highest BCUT2D eigenvalue weighted by Crippen LogP contribution is 2.36. The van der Waals surface area contributed by atoms with Gasteiger partial charge >= 0.3 is 6.18 Å². The van der Waals surface area contributed by atoms with Crippen molar-refractivity contribution in [2.75, 3.05) is 6.54 Å². The van der Waals surface area contributed by atoms with Crippen LogP contribution < -0.4 is 5.73 Å². The van der Waals surface area contributed by atoms with Gasteiger partial charge in [0.2, 0.25) is 5.91 Å². The van der Waals surface area contributed by atoms with Crippen LogP contribution in [0.1, 0.15) is 79.2 Å². The third-order valence-corrected chi connectivity index (χ3v) is 7.37. The van der Waals surface area contributed by atoms with Gasteiger partial charge < -0.3 is 10.3 Å². The van der Waals surface area contributed by atoms with E-state index in [-0.39, 0.29) is 12.2 Å². The number of alkyl halides is 3. The van der Waals surface area contributed by atoms with Gasteiger partial charge in [0.25, 0.3) is 0 Å². The fourth-order valence-corrected chi connectivity index (χ4v) is 5.40. The summed E-state index contributed by atoms with van der Waals surface area (Å²) >= 11 is 0. The molecule has 4 rings (SSSR count). The van der Waals surface area contributed by atoms with Crippen LogP contribution in [-0.4, -0.2) is 26.9 Å². The van der Waals surface area contributed by atoms with Crippen molar-refractivity contribution >= 4 is 5.91 Å². The van der Waals surface area contributed by atoms with Crippen molar-refractivity contribution in [2.24, 2.45) is 11.7 Å². The summed E-state index contributed by atoms with van der Waals surface area (Å²) in [5.74, 6) is 0.312. The predicted octanol–water partition coefficient (Wildman–Crippen LogP) is 7.05. The van der Waals surface area contributed by atoms with E-state index in [1.807, 2.05) is 49.4 Å². The minimum Gasteiger partial charge on any atom is -0.366 e. The first-order chi connectivity index (χ1) is 18.3. The average Bonchev–Trinajstić information content (AvgIpc) is 3.27. The lowest BCUT2D eigenvalue weighted by Crippen LogP contribution is -2.32. The number of benzene rings is 2. The maximum Gasteiger partial charge on any atom is 0.435 e. The zero-order valence-corrected chi connectivity index (χ0v) is 22.0. The summed E-state index contributed by atoms with van der Waals surface area (Å²) in [4.78, 5) is 17.8. The quantitative estimate of drug-likeness (QED) is 0.291.